The Labute approximate surface area is 217 Å². The number of piperidine rings is 1. The van der Waals surface area contributed by atoms with E-state index in [1.807, 2.05) is 24.5 Å². The van der Waals surface area contributed by atoms with Gasteiger partial charge in [0.1, 0.15) is 5.82 Å². The van der Waals surface area contributed by atoms with Gasteiger partial charge >= 0.3 is 0 Å². The first kappa shape index (κ1) is 23.5. The van der Waals surface area contributed by atoms with E-state index in [9.17, 15) is 0 Å². The van der Waals surface area contributed by atoms with Crippen molar-refractivity contribution in [3.63, 3.8) is 0 Å². The summed E-state index contributed by atoms with van der Waals surface area (Å²) in [7, 11) is 0. The lowest BCUT2D eigenvalue weighted by atomic mass is 9.89. The SMILES string of the molecule is N#Cc1ccc(N2CCC[C@H](N[C@@H]3CCCC[C@H]3Nc3cc(-c4cccc5[nH]ncc45)ccn3)C2)cc1. The van der Waals surface area contributed by atoms with Crippen LogP contribution < -0.4 is 15.5 Å². The van der Waals surface area contributed by atoms with Gasteiger partial charge in [-0.25, -0.2) is 4.98 Å². The molecule has 3 heterocycles. The Kier molecular flexibility index (Phi) is 6.74. The maximum absolute atomic E-state index is 9.11. The predicted octanol–water partition coefficient (Wildman–Crippen LogP) is 5.48. The molecule has 0 bridgehead atoms. The topological polar surface area (TPSA) is 92.7 Å². The summed E-state index contributed by atoms with van der Waals surface area (Å²) in [6.07, 6.45) is 11.0. The minimum atomic E-state index is 0.353. The van der Waals surface area contributed by atoms with Crippen LogP contribution in [-0.4, -0.2) is 46.4 Å². The molecule has 1 aliphatic heterocycles. The van der Waals surface area contributed by atoms with Crippen molar-refractivity contribution in [2.45, 2.75) is 56.7 Å². The van der Waals surface area contributed by atoms with Crippen molar-refractivity contribution in [3.8, 4) is 17.2 Å². The first-order valence-electron chi connectivity index (χ1n) is 13.4. The molecule has 2 aliphatic rings. The quantitative estimate of drug-likeness (QED) is 0.331. The lowest BCUT2D eigenvalue weighted by Gasteiger charge is -2.40. The smallest absolute Gasteiger partial charge is 0.126 e. The average Bonchev–Trinajstić information content (AvgIpc) is 3.44. The third-order valence-corrected chi connectivity index (χ3v) is 7.89. The van der Waals surface area contributed by atoms with Gasteiger partial charge in [-0.15, -0.1) is 0 Å². The molecule has 3 atom stereocenters. The van der Waals surface area contributed by atoms with E-state index in [1.54, 1.807) is 0 Å². The molecule has 2 aromatic heterocycles. The summed E-state index contributed by atoms with van der Waals surface area (Å²) in [6.45, 7) is 2.06. The van der Waals surface area contributed by atoms with Gasteiger partial charge in [0.2, 0.25) is 0 Å². The maximum Gasteiger partial charge on any atom is 0.126 e. The number of fused-ring (bicyclic) bond motifs is 1. The Hall–Kier alpha value is -3.89. The van der Waals surface area contributed by atoms with Gasteiger partial charge in [-0.05, 0) is 79.3 Å². The lowest BCUT2D eigenvalue weighted by Crippen LogP contribution is -2.54. The highest BCUT2D eigenvalue weighted by Gasteiger charge is 2.29. The maximum atomic E-state index is 9.11. The van der Waals surface area contributed by atoms with Gasteiger partial charge in [-0.1, -0.05) is 25.0 Å². The molecular weight excluding hydrogens is 458 g/mol. The summed E-state index contributed by atoms with van der Waals surface area (Å²) >= 11 is 0. The van der Waals surface area contributed by atoms with Crippen LogP contribution in [0.1, 0.15) is 44.1 Å². The summed E-state index contributed by atoms with van der Waals surface area (Å²) < 4.78 is 0. The van der Waals surface area contributed by atoms with E-state index < -0.39 is 0 Å². The first-order valence-corrected chi connectivity index (χ1v) is 13.4. The van der Waals surface area contributed by atoms with Gasteiger partial charge in [0.05, 0.1) is 23.3 Å². The van der Waals surface area contributed by atoms with E-state index in [4.69, 9.17) is 5.26 Å². The fourth-order valence-corrected chi connectivity index (χ4v) is 5.99. The van der Waals surface area contributed by atoms with Gasteiger partial charge < -0.3 is 15.5 Å². The number of anilines is 2. The van der Waals surface area contributed by atoms with E-state index >= 15 is 0 Å². The largest absolute Gasteiger partial charge is 0.370 e. The third kappa shape index (κ3) is 5.16. The van der Waals surface area contributed by atoms with Crippen molar-refractivity contribution < 1.29 is 0 Å². The van der Waals surface area contributed by atoms with Crippen molar-refractivity contribution in [2.75, 3.05) is 23.3 Å². The number of nitriles is 1. The molecule has 4 aromatic rings. The monoisotopic (exact) mass is 491 g/mol. The molecule has 2 fully saturated rings. The Morgan fingerprint density at radius 1 is 0.973 bits per heavy atom. The van der Waals surface area contributed by atoms with Crippen molar-refractivity contribution in [3.05, 3.63) is 72.6 Å². The van der Waals surface area contributed by atoms with Crippen molar-refractivity contribution >= 4 is 22.4 Å². The first-order chi connectivity index (χ1) is 18.3. The van der Waals surface area contributed by atoms with Crippen LogP contribution in [0.3, 0.4) is 0 Å². The fraction of sp³-hybridized carbons (Fsp3) is 0.367. The third-order valence-electron chi connectivity index (χ3n) is 7.89. The van der Waals surface area contributed by atoms with Crippen LogP contribution in [0, 0.1) is 11.3 Å². The van der Waals surface area contributed by atoms with Crippen molar-refractivity contribution in [1.29, 1.82) is 5.26 Å². The molecule has 0 unspecified atom stereocenters. The number of H-pyrrole nitrogens is 1. The van der Waals surface area contributed by atoms with Crippen LogP contribution in [0.15, 0.2) is 67.0 Å². The molecule has 6 rings (SSSR count). The standard InChI is InChI=1S/C30H33N7/c31-18-21-10-12-24(13-11-21)37-16-4-5-23(20-37)34-28-7-1-2-8-29(28)35-30-17-22(14-15-32-30)25-6-3-9-27-26(25)19-33-36-27/h3,6,9-15,17,19,23,28-29,34H,1-2,4-5,7-8,16,20H2,(H,32,35)(H,33,36)/t23-,28+,29+/m0/s1. The molecule has 2 aromatic carbocycles. The zero-order valence-electron chi connectivity index (χ0n) is 21.0. The van der Waals surface area contributed by atoms with E-state index in [2.05, 4.69) is 79.2 Å². The number of hydrogen-bond donors (Lipinski definition) is 3. The van der Waals surface area contributed by atoms with Crippen molar-refractivity contribution in [1.82, 2.24) is 20.5 Å². The Morgan fingerprint density at radius 2 is 1.84 bits per heavy atom. The molecule has 3 N–H and O–H groups in total. The van der Waals surface area contributed by atoms with Crippen LogP contribution >= 0.6 is 0 Å². The lowest BCUT2D eigenvalue weighted by molar-refractivity contribution is 0.293. The van der Waals surface area contributed by atoms with Gasteiger partial charge in [0.25, 0.3) is 0 Å². The van der Waals surface area contributed by atoms with Gasteiger partial charge in [-0.3, -0.25) is 5.10 Å². The highest BCUT2D eigenvalue weighted by molar-refractivity contribution is 5.94. The zero-order chi connectivity index (χ0) is 25.0. The van der Waals surface area contributed by atoms with Crippen molar-refractivity contribution in [2.24, 2.45) is 0 Å². The molecule has 0 amide bonds. The molecule has 7 nitrogen and oxygen atoms in total. The molecule has 1 aliphatic carbocycles. The van der Waals surface area contributed by atoms with E-state index in [0.29, 0.717) is 23.7 Å². The second-order valence-electron chi connectivity index (χ2n) is 10.3. The summed E-state index contributed by atoms with van der Waals surface area (Å²) in [5.41, 5.74) is 5.28. The van der Waals surface area contributed by atoms with Crippen LogP contribution in [0.5, 0.6) is 0 Å². The van der Waals surface area contributed by atoms with E-state index in [1.165, 1.54) is 43.4 Å². The van der Waals surface area contributed by atoms with Gasteiger partial charge in [0.15, 0.2) is 0 Å². The average molecular weight is 492 g/mol. The van der Waals surface area contributed by atoms with Crippen LogP contribution in [0.2, 0.25) is 0 Å². The molecule has 7 heteroatoms. The minimum absolute atomic E-state index is 0.353. The zero-order valence-corrected chi connectivity index (χ0v) is 21.0. The molecule has 0 radical (unpaired) electrons. The highest BCUT2D eigenvalue weighted by Crippen LogP contribution is 2.30. The molecule has 37 heavy (non-hydrogen) atoms. The number of aromatic nitrogens is 3. The van der Waals surface area contributed by atoms with Crippen LogP contribution in [-0.2, 0) is 0 Å². The normalized spacial score (nSPS) is 22.0. The predicted molar refractivity (Wildman–Crippen MR) is 149 cm³/mol. The number of benzene rings is 2. The summed E-state index contributed by atoms with van der Waals surface area (Å²) in [6, 6.07) is 21.9. The van der Waals surface area contributed by atoms with Gasteiger partial charge in [-0.2, -0.15) is 10.4 Å². The Balaban J connectivity index is 1.14. The minimum Gasteiger partial charge on any atom is -0.370 e. The number of nitrogens with zero attached hydrogens (tertiary/aromatic N) is 4. The van der Waals surface area contributed by atoms with E-state index in [-0.39, 0.29) is 0 Å². The number of rotatable bonds is 6. The molecule has 1 saturated heterocycles. The Bertz CT molecular complexity index is 1390. The summed E-state index contributed by atoms with van der Waals surface area (Å²) in [5.74, 6) is 0.930. The van der Waals surface area contributed by atoms with E-state index in [0.717, 1.165) is 41.8 Å². The van der Waals surface area contributed by atoms with Crippen LogP contribution in [0.25, 0.3) is 22.0 Å². The second kappa shape index (κ2) is 10.6. The van der Waals surface area contributed by atoms with Gasteiger partial charge in [0, 0.05) is 48.5 Å². The molecule has 0 spiro atoms. The molecule has 188 valence electrons. The fourth-order valence-electron chi connectivity index (χ4n) is 5.99. The Morgan fingerprint density at radius 3 is 2.70 bits per heavy atom. The number of nitrogens with one attached hydrogen (secondary N) is 3. The molecule has 1 saturated carbocycles. The number of aromatic amines is 1. The summed E-state index contributed by atoms with van der Waals surface area (Å²) in [5, 5.41) is 25.3. The molecular formula is C30H33N7. The van der Waals surface area contributed by atoms with Crippen LogP contribution in [0.4, 0.5) is 11.5 Å². The number of hydrogen-bond acceptors (Lipinski definition) is 6. The second-order valence-corrected chi connectivity index (χ2v) is 10.3. The number of pyridine rings is 1. The summed E-state index contributed by atoms with van der Waals surface area (Å²) in [4.78, 5) is 7.13. The highest BCUT2D eigenvalue weighted by atomic mass is 15.2.